The van der Waals surface area contributed by atoms with E-state index in [1.807, 2.05) is 18.6 Å². The zero-order valence-corrected chi connectivity index (χ0v) is 21.8. The average molecular weight is 492 g/mol. The van der Waals surface area contributed by atoms with Gasteiger partial charge in [-0.15, -0.1) is 0 Å². The quantitative estimate of drug-likeness (QED) is 0.280. The number of hydrogen-bond acceptors (Lipinski definition) is 8. The van der Waals surface area contributed by atoms with E-state index in [9.17, 15) is 0 Å². The van der Waals surface area contributed by atoms with Crippen LogP contribution in [0.2, 0.25) is 25.7 Å². The van der Waals surface area contributed by atoms with Gasteiger partial charge in [0.15, 0.2) is 0 Å². The Morgan fingerprint density at radius 2 is 2.03 bits per heavy atom. The third-order valence-corrected chi connectivity index (χ3v) is 8.27. The molecule has 35 heavy (non-hydrogen) atoms. The van der Waals surface area contributed by atoms with Crippen molar-refractivity contribution < 1.29 is 4.74 Å². The van der Waals surface area contributed by atoms with Crippen molar-refractivity contribution in [3.8, 4) is 11.3 Å². The van der Waals surface area contributed by atoms with Crippen LogP contribution in [0, 0.1) is 0 Å². The summed E-state index contributed by atoms with van der Waals surface area (Å²) in [6.45, 7) is 10.2. The Morgan fingerprint density at radius 3 is 2.77 bits per heavy atom. The van der Waals surface area contributed by atoms with Gasteiger partial charge in [0.25, 0.3) is 0 Å². The van der Waals surface area contributed by atoms with E-state index in [1.54, 1.807) is 18.7 Å². The number of likely N-dealkylation sites (N-methyl/N-ethyl adjacent to an activating group) is 1. The van der Waals surface area contributed by atoms with E-state index in [-0.39, 0.29) is 0 Å². The maximum atomic E-state index is 5.96. The Balaban J connectivity index is 1.24. The van der Waals surface area contributed by atoms with E-state index in [0.717, 1.165) is 66.1 Å². The van der Waals surface area contributed by atoms with Crippen molar-refractivity contribution in [3.63, 3.8) is 0 Å². The van der Waals surface area contributed by atoms with E-state index < -0.39 is 8.07 Å². The number of hydrogen-bond donors (Lipinski definition) is 1. The van der Waals surface area contributed by atoms with Crippen molar-refractivity contribution in [1.82, 2.24) is 34.7 Å². The Morgan fingerprint density at radius 1 is 1.14 bits per heavy atom. The predicted molar refractivity (Wildman–Crippen MR) is 140 cm³/mol. The lowest BCUT2D eigenvalue weighted by atomic mass is 10.2. The monoisotopic (exact) mass is 491 g/mol. The molecule has 0 spiro atoms. The van der Waals surface area contributed by atoms with E-state index in [4.69, 9.17) is 4.74 Å². The zero-order valence-electron chi connectivity index (χ0n) is 20.8. The van der Waals surface area contributed by atoms with Crippen LogP contribution in [-0.4, -0.2) is 75.6 Å². The fourth-order valence-corrected chi connectivity index (χ4v) is 5.13. The number of H-pyrrole nitrogens is 1. The lowest BCUT2D eigenvalue weighted by molar-refractivity contribution is 0.0899. The molecule has 4 aromatic rings. The van der Waals surface area contributed by atoms with Crippen LogP contribution in [0.3, 0.4) is 0 Å². The predicted octanol–water partition coefficient (Wildman–Crippen LogP) is 3.64. The van der Waals surface area contributed by atoms with Crippen LogP contribution in [0.5, 0.6) is 0 Å². The summed E-state index contributed by atoms with van der Waals surface area (Å²) in [5, 5.41) is 7.86. The SMILES string of the molecule is CN(c1cnc(-c2cn[nH]c2)cn1)C1CCN(c2ncnc3c2ccn3COCC[Si](C)(C)C)C1. The first-order valence-electron chi connectivity index (χ1n) is 12.1. The first-order valence-corrected chi connectivity index (χ1v) is 15.8. The van der Waals surface area contributed by atoms with Crippen LogP contribution in [0.25, 0.3) is 22.3 Å². The number of ether oxygens (including phenoxy) is 1. The molecule has 11 heteroatoms. The number of aromatic nitrogens is 7. The number of anilines is 2. The molecular formula is C24H33N9OSi. The van der Waals surface area contributed by atoms with Gasteiger partial charge in [-0.05, 0) is 18.5 Å². The topological polar surface area (TPSA) is 101 Å². The highest BCUT2D eigenvalue weighted by molar-refractivity contribution is 6.76. The normalized spacial score (nSPS) is 16.3. The number of nitrogens with one attached hydrogen (secondary N) is 1. The van der Waals surface area contributed by atoms with Gasteiger partial charge in [-0.2, -0.15) is 5.10 Å². The molecule has 1 N–H and O–H groups in total. The summed E-state index contributed by atoms with van der Waals surface area (Å²) in [5.41, 5.74) is 2.65. The van der Waals surface area contributed by atoms with E-state index in [0.29, 0.717) is 12.8 Å². The average Bonchev–Trinajstić information content (AvgIpc) is 3.62. The molecule has 0 aromatic carbocycles. The molecule has 0 amide bonds. The molecule has 1 atom stereocenters. The zero-order chi connectivity index (χ0) is 24.4. The van der Waals surface area contributed by atoms with Crippen LogP contribution in [0.1, 0.15) is 6.42 Å². The van der Waals surface area contributed by atoms with Crippen molar-refractivity contribution in [1.29, 1.82) is 0 Å². The first-order chi connectivity index (χ1) is 16.9. The van der Waals surface area contributed by atoms with Crippen LogP contribution in [-0.2, 0) is 11.5 Å². The van der Waals surface area contributed by atoms with Gasteiger partial charge in [0, 0.05) is 58.8 Å². The summed E-state index contributed by atoms with van der Waals surface area (Å²) in [6, 6.07) is 3.58. The molecule has 0 radical (unpaired) electrons. The molecule has 5 rings (SSSR count). The van der Waals surface area contributed by atoms with Crippen molar-refractivity contribution in [2.45, 2.75) is 44.9 Å². The van der Waals surface area contributed by atoms with Gasteiger partial charge in [-0.3, -0.25) is 10.1 Å². The Hall–Kier alpha value is -3.31. The molecule has 10 nitrogen and oxygen atoms in total. The number of rotatable bonds is 9. The molecule has 1 saturated heterocycles. The highest BCUT2D eigenvalue weighted by Crippen LogP contribution is 2.29. The molecule has 1 unspecified atom stereocenters. The maximum Gasteiger partial charge on any atom is 0.147 e. The highest BCUT2D eigenvalue weighted by atomic mass is 28.3. The third kappa shape index (κ3) is 5.20. The largest absolute Gasteiger partial charge is 0.361 e. The summed E-state index contributed by atoms with van der Waals surface area (Å²) in [6.07, 6.45) is 11.9. The molecular weight excluding hydrogens is 458 g/mol. The third-order valence-electron chi connectivity index (χ3n) is 6.57. The molecule has 1 aliphatic rings. The molecule has 0 bridgehead atoms. The van der Waals surface area contributed by atoms with E-state index in [1.165, 1.54) is 0 Å². The second-order valence-corrected chi connectivity index (χ2v) is 15.9. The second kappa shape index (κ2) is 9.74. The standard InChI is InChI=1S/C24H33N9OSi/c1-31(22-14-25-21(13-26-22)18-11-29-30-12-18)19-5-7-32(15-19)23-20-6-8-33(24(20)28-16-27-23)17-34-9-10-35(2,3)4/h6,8,11-14,16,19H,5,7,9-10,15,17H2,1-4H3,(H,29,30). The van der Waals surface area contributed by atoms with Crippen LogP contribution >= 0.6 is 0 Å². The minimum Gasteiger partial charge on any atom is -0.361 e. The number of nitrogens with zero attached hydrogens (tertiary/aromatic N) is 8. The van der Waals surface area contributed by atoms with Gasteiger partial charge in [-0.1, -0.05) is 19.6 Å². The molecule has 1 aliphatic heterocycles. The minimum atomic E-state index is -1.10. The lowest BCUT2D eigenvalue weighted by Crippen LogP contribution is -2.35. The van der Waals surface area contributed by atoms with Gasteiger partial charge in [0.05, 0.1) is 29.7 Å². The summed E-state index contributed by atoms with van der Waals surface area (Å²) in [5.74, 6) is 1.84. The van der Waals surface area contributed by atoms with Gasteiger partial charge in [0.1, 0.15) is 30.3 Å². The van der Waals surface area contributed by atoms with Crippen molar-refractivity contribution >= 4 is 30.7 Å². The summed E-state index contributed by atoms with van der Waals surface area (Å²) in [7, 11) is 0.984. The summed E-state index contributed by atoms with van der Waals surface area (Å²) < 4.78 is 8.03. The lowest BCUT2D eigenvalue weighted by Gasteiger charge is -2.26. The molecule has 4 aromatic heterocycles. The molecule has 184 valence electrons. The molecule has 0 saturated carbocycles. The van der Waals surface area contributed by atoms with Crippen molar-refractivity contribution in [2.24, 2.45) is 0 Å². The fourth-order valence-electron chi connectivity index (χ4n) is 4.37. The highest BCUT2D eigenvalue weighted by Gasteiger charge is 2.29. The van der Waals surface area contributed by atoms with E-state index >= 15 is 0 Å². The Bertz CT molecular complexity index is 1250. The Labute approximate surface area is 206 Å². The first kappa shape index (κ1) is 23.4. The van der Waals surface area contributed by atoms with Gasteiger partial charge >= 0.3 is 0 Å². The Kier molecular flexibility index (Phi) is 6.52. The summed E-state index contributed by atoms with van der Waals surface area (Å²) >= 11 is 0. The minimum absolute atomic E-state index is 0.320. The van der Waals surface area contributed by atoms with Crippen molar-refractivity contribution in [2.75, 3.05) is 36.5 Å². The van der Waals surface area contributed by atoms with Crippen LogP contribution in [0.4, 0.5) is 11.6 Å². The molecule has 0 aliphatic carbocycles. The van der Waals surface area contributed by atoms with Gasteiger partial charge in [-0.25, -0.2) is 15.0 Å². The molecule has 1 fully saturated rings. The maximum absolute atomic E-state index is 5.96. The van der Waals surface area contributed by atoms with E-state index in [2.05, 4.69) is 77.3 Å². The summed E-state index contributed by atoms with van der Waals surface area (Å²) in [4.78, 5) is 23.0. The molecule has 5 heterocycles. The van der Waals surface area contributed by atoms with Crippen molar-refractivity contribution in [3.05, 3.63) is 43.4 Å². The van der Waals surface area contributed by atoms with Gasteiger partial charge < -0.3 is 19.1 Å². The van der Waals surface area contributed by atoms with Crippen LogP contribution < -0.4 is 9.80 Å². The number of aromatic amines is 1. The second-order valence-electron chi connectivity index (χ2n) is 10.3. The number of fused-ring (bicyclic) bond motifs is 1. The van der Waals surface area contributed by atoms with Crippen LogP contribution in [0.15, 0.2) is 43.4 Å². The smallest absolute Gasteiger partial charge is 0.147 e. The van der Waals surface area contributed by atoms with Gasteiger partial charge in [0.2, 0.25) is 0 Å². The fraction of sp³-hybridized carbons (Fsp3) is 0.458.